The molecule has 0 aromatic heterocycles. The van der Waals surface area contributed by atoms with Crippen molar-refractivity contribution in [2.24, 2.45) is 11.8 Å². The second-order valence-corrected chi connectivity index (χ2v) is 5.80. The first-order valence-corrected chi connectivity index (χ1v) is 7.01. The maximum Gasteiger partial charge on any atom is 0.122 e. The Kier molecular flexibility index (Phi) is 4.28. The van der Waals surface area contributed by atoms with E-state index < -0.39 is 0 Å². The third-order valence-corrected chi connectivity index (χ3v) is 4.12. The van der Waals surface area contributed by atoms with E-state index in [9.17, 15) is 0 Å². The van der Waals surface area contributed by atoms with Crippen molar-refractivity contribution in [1.29, 1.82) is 0 Å². The van der Waals surface area contributed by atoms with Crippen molar-refractivity contribution >= 4 is 0 Å². The smallest absolute Gasteiger partial charge is 0.122 e. The third kappa shape index (κ3) is 2.86. The molecule has 1 aliphatic rings. The van der Waals surface area contributed by atoms with E-state index in [2.05, 4.69) is 44.3 Å². The summed E-state index contributed by atoms with van der Waals surface area (Å²) < 4.78 is 6.29. The van der Waals surface area contributed by atoms with Crippen molar-refractivity contribution in [3.63, 3.8) is 0 Å². The number of nitrogens with one attached hydrogen (secondary N) is 1. The Bertz CT molecular complexity index is 390. The highest BCUT2D eigenvalue weighted by atomic mass is 16.5. The summed E-state index contributed by atoms with van der Waals surface area (Å²) >= 11 is 0. The van der Waals surface area contributed by atoms with Gasteiger partial charge in [-0.05, 0) is 50.3 Å². The molecule has 1 aliphatic carbocycles. The van der Waals surface area contributed by atoms with Gasteiger partial charge in [0.15, 0.2) is 0 Å². The Morgan fingerprint density at radius 3 is 2.56 bits per heavy atom. The van der Waals surface area contributed by atoms with Crippen LogP contribution in [0.1, 0.15) is 32.3 Å². The lowest BCUT2D eigenvalue weighted by Crippen LogP contribution is -2.49. The molecule has 1 N–H and O–H groups in total. The number of para-hydroxylation sites is 1. The molecular weight excluding hydrogens is 222 g/mol. The van der Waals surface area contributed by atoms with Crippen LogP contribution in [0, 0.1) is 18.8 Å². The van der Waals surface area contributed by atoms with Gasteiger partial charge in [-0.15, -0.1) is 0 Å². The van der Waals surface area contributed by atoms with E-state index in [1.807, 2.05) is 13.1 Å². The molecule has 1 fully saturated rings. The topological polar surface area (TPSA) is 21.3 Å². The van der Waals surface area contributed by atoms with Crippen LogP contribution in [0.25, 0.3) is 0 Å². The highest BCUT2D eigenvalue weighted by Gasteiger charge is 2.34. The molecule has 1 aromatic rings. The van der Waals surface area contributed by atoms with E-state index in [4.69, 9.17) is 4.74 Å². The molecule has 2 nitrogen and oxygen atoms in total. The van der Waals surface area contributed by atoms with Gasteiger partial charge in [0.25, 0.3) is 0 Å². The molecule has 2 rings (SSSR count). The van der Waals surface area contributed by atoms with Crippen LogP contribution in [0.5, 0.6) is 5.75 Å². The van der Waals surface area contributed by atoms with Crippen LogP contribution < -0.4 is 10.1 Å². The Balaban J connectivity index is 2.13. The van der Waals surface area contributed by atoms with Crippen LogP contribution >= 0.6 is 0 Å². The number of rotatable bonds is 3. The van der Waals surface area contributed by atoms with E-state index in [0.29, 0.717) is 12.0 Å². The average molecular weight is 247 g/mol. The molecule has 18 heavy (non-hydrogen) atoms. The zero-order valence-corrected chi connectivity index (χ0v) is 11.9. The third-order valence-electron chi connectivity index (χ3n) is 4.12. The van der Waals surface area contributed by atoms with Crippen molar-refractivity contribution in [3.8, 4) is 5.75 Å². The van der Waals surface area contributed by atoms with Crippen molar-refractivity contribution in [2.75, 3.05) is 7.05 Å². The van der Waals surface area contributed by atoms with Crippen LogP contribution in [-0.2, 0) is 0 Å². The van der Waals surface area contributed by atoms with Gasteiger partial charge in [-0.3, -0.25) is 0 Å². The molecule has 0 aliphatic heterocycles. The number of ether oxygens (including phenoxy) is 1. The van der Waals surface area contributed by atoms with E-state index in [1.54, 1.807) is 0 Å². The first kappa shape index (κ1) is 13.4. The van der Waals surface area contributed by atoms with Crippen molar-refractivity contribution in [3.05, 3.63) is 29.8 Å². The summed E-state index contributed by atoms with van der Waals surface area (Å²) in [5.41, 5.74) is 1.22. The number of hydrogen-bond donors (Lipinski definition) is 1. The molecule has 100 valence electrons. The molecule has 0 amide bonds. The second kappa shape index (κ2) is 5.75. The molecule has 0 radical (unpaired) electrons. The molecule has 0 spiro atoms. The highest BCUT2D eigenvalue weighted by Crippen LogP contribution is 2.32. The molecule has 1 saturated carbocycles. The minimum Gasteiger partial charge on any atom is -0.488 e. The van der Waals surface area contributed by atoms with E-state index in [0.717, 1.165) is 11.7 Å². The summed E-state index contributed by atoms with van der Waals surface area (Å²) in [7, 11) is 2.05. The maximum absolute atomic E-state index is 6.29. The van der Waals surface area contributed by atoms with Gasteiger partial charge in [-0.2, -0.15) is 0 Å². The molecular formula is C16H25NO. The zero-order chi connectivity index (χ0) is 13.1. The zero-order valence-electron chi connectivity index (χ0n) is 11.9. The molecule has 4 atom stereocenters. The van der Waals surface area contributed by atoms with Crippen LogP contribution in [0.4, 0.5) is 0 Å². The summed E-state index contributed by atoms with van der Waals surface area (Å²) in [5.74, 6) is 2.42. The fraction of sp³-hybridized carbons (Fsp3) is 0.625. The van der Waals surface area contributed by atoms with Gasteiger partial charge in [0.2, 0.25) is 0 Å². The number of aryl methyl sites for hydroxylation is 1. The first-order chi connectivity index (χ1) is 8.61. The normalized spacial score (nSPS) is 32.2. The lowest BCUT2D eigenvalue weighted by Gasteiger charge is -2.39. The summed E-state index contributed by atoms with van der Waals surface area (Å²) in [5, 5.41) is 3.43. The number of hydrogen-bond acceptors (Lipinski definition) is 2. The van der Waals surface area contributed by atoms with Gasteiger partial charge in [0.1, 0.15) is 11.9 Å². The van der Waals surface area contributed by atoms with Gasteiger partial charge in [0.05, 0.1) is 0 Å². The van der Waals surface area contributed by atoms with Gasteiger partial charge in [-0.25, -0.2) is 0 Å². The lowest BCUT2D eigenvalue weighted by atomic mass is 9.78. The molecule has 4 unspecified atom stereocenters. The van der Waals surface area contributed by atoms with E-state index in [-0.39, 0.29) is 6.10 Å². The molecule has 0 bridgehead atoms. The van der Waals surface area contributed by atoms with E-state index >= 15 is 0 Å². The van der Waals surface area contributed by atoms with Crippen molar-refractivity contribution in [1.82, 2.24) is 5.32 Å². The van der Waals surface area contributed by atoms with Gasteiger partial charge in [-0.1, -0.05) is 32.0 Å². The Hall–Kier alpha value is -1.02. The summed E-state index contributed by atoms with van der Waals surface area (Å²) in [6.45, 7) is 6.76. The average Bonchev–Trinajstić information content (AvgIpc) is 2.34. The van der Waals surface area contributed by atoms with Gasteiger partial charge < -0.3 is 10.1 Å². The van der Waals surface area contributed by atoms with Crippen LogP contribution in [0.3, 0.4) is 0 Å². The van der Waals surface area contributed by atoms with Crippen LogP contribution in [0.2, 0.25) is 0 Å². The van der Waals surface area contributed by atoms with Crippen molar-refractivity contribution in [2.45, 2.75) is 45.8 Å². The monoisotopic (exact) mass is 247 g/mol. The van der Waals surface area contributed by atoms with Gasteiger partial charge >= 0.3 is 0 Å². The van der Waals surface area contributed by atoms with Gasteiger partial charge in [0, 0.05) is 6.04 Å². The predicted octanol–water partition coefficient (Wildman–Crippen LogP) is 3.40. The molecule has 1 aromatic carbocycles. The number of benzene rings is 1. The number of likely N-dealkylation sites (N-methyl/N-ethyl adjacent to an activating group) is 1. The molecule has 0 heterocycles. The predicted molar refractivity (Wildman–Crippen MR) is 76.0 cm³/mol. The Labute approximate surface area is 111 Å². The van der Waals surface area contributed by atoms with Crippen LogP contribution in [-0.4, -0.2) is 19.2 Å². The summed E-state index contributed by atoms with van der Waals surface area (Å²) in [4.78, 5) is 0. The quantitative estimate of drug-likeness (QED) is 0.884. The SMILES string of the molecule is CNC1CC(C)CC(C)C1Oc1ccccc1C. The summed E-state index contributed by atoms with van der Waals surface area (Å²) in [6, 6.07) is 8.76. The fourth-order valence-corrected chi connectivity index (χ4v) is 3.14. The second-order valence-electron chi connectivity index (χ2n) is 5.80. The standard InChI is InChI=1S/C16H25NO/c1-11-9-13(3)16(14(10-11)17-4)18-15-8-6-5-7-12(15)2/h5-8,11,13-14,16-17H,9-10H2,1-4H3. The molecule has 0 saturated heterocycles. The summed E-state index contributed by atoms with van der Waals surface area (Å²) in [6.07, 6.45) is 2.75. The molecule has 2 heteroatoms. The Morgan fingerprint density at radius 2 is 1.89 bits per heavy atom. The highest BCUT2D eigenvalue weighted by molar-refractivity contribution is 5.32. The lowest BCUT2D eigenvalue weighted by molar-refractivity contribution is 0.0502. The Morgan fingerprint density at radius 1 is 1.17 bits per heavy atom. The van der Waals surface area contributed by atoms with Crippen LogP contribution in [0.15, 0.2) is 24.3 Å². The first-order valence-electron chi connectivity index (χ1n) is 7.01. The van der Waals surface area contributed by atoms with E-state index in [1.165, 1.54) is 18.4 Å². The fourth-order valence-electron chi connectivity index (χ4n) is 3.14. The van der Waals surface area contributed by atoms with Crippen molar-refractivity contribution < 1.29 is 4.74 Å². The maximum atomic E-state index is 6.29. The minimum absolute atomic E-state index is 0.285. The largest absolute Gasteiger partial charge is 0.488 e. The minimum atomic E-state index is 0.285.